The topological polar surface area (TPSA) is 66.5 Å². The summed E-state index contributed by atoms with van der Waals surface area (Å²) < 4.78 is 28.3. The van der Waals surface area contributed by atoms with E-state index in [1.165, 1.54) is 30.3 Å². The fourth-order valence-corrected chi connectivity index (χ4v) is 5.63. The zero-order valence-corrected chi connectivity index (χ0v) is 21.8. The molecular weight excluding hydrogens is 515 g/mol. The molecule has 0 aliphatic carbocycles. The van der Waals surface area contributed by atoms with E-state index in [9.17, 15) is 13.2 Å². The molecule has 8 heteroatoms. The zero-order valence-electron chi connectivity index (χ0n) is 19.4. The minimum absolute atomic E-state index is 0.0578. The summed E-state index contributed by atoms with van der Waals surface area (Å²) >= 11 is 12.3. The molecule has 4 rings (SSSR count). The predicted molar refractivity (Wildman–Crippen MR) is 145 cm³/mol. The van der Waals surface area contributed by atoms with Gasteiger partial charge in [-0.1, -0.05) is 96.0 Å². The van der Waals surface area contributed by atoms with Crippen molar-refractivity contribution in [1.82, 2.24) is 5.32 Å². The molecule has 1 N–H and O–H groups in total. The molecule has 0 radical (unpaired) electrons. The van der Waals surface area contributed by atoms with Crippen LogP contribution in [0.25, 0.3) is 0 Å². The molecule has 0 spiro atoms. The molecular formula is C28H24Cl2N2O3S. The Morgan fingerprint density at radius 1 is 0.833 bits per heavy atom. The van der Waals surface area contributed by atoms with Gasteiger partial charge in [0.25, 0.3) is 10.0 Å². The zero-order chi connectivity index (χ0) is 25.7. The molecule has 0 saturated heterocycles. The van der Waals surface area contributed by atoms with E-state index in [0.717, 1.165) is 21.0 Å². The second-order valence-corrected chi connectivity index (χ2v) is 10.9. The lowest BCUT2D eigenvalue weighted by Crippen LogP contribution is -2.42. The van der Waals surface area contributed by atoms with Crippen LogP contribution in [0.4, 0.5) is 5.69 Å². The number of carbonyl (C=O) groups is 1. The van der Waals surface area contributed by atoms with Gasteiger partial charge in [-0.05, 0) is 53.9 Å². The number of carbonyl (C=O) groups excluding carboxylic acids is 1. The molecule has 1 amide bonds. The van der Waals surface area contributed by atoms with Gasteiger partial charge in [-0.25, -0.2) is 8.42 Å². The number of hydrogen-bond donors (Lipinski definition) is 1. The van der Waals surface area contributed by atoms with Crippen molar-refractivity contribution in [3.05, 3.63) is 130 Å². The van der Waals surface area contributed by atoms with E-state index in [-0.39, 0.29) is 20.6 Å². The lowest BCUT2D eigenvalue weighted by molar-refractivity contribution is -0.120. The summed E-state index contributed by atoms with van der Waals surface area (Å²) in [6, 6.07) is 29.3. The predicted octanol–water partition coefficient (Wildman–Crippen LogP) is 6.40. The van der Waals surface area contributed by atoms with E-state index in [2.05, 4.69) is 5.32 Å². The van der Waals surface area contributed by atoms with Gasteiger partial charge in [-0.15, -0.1) is 0 Å². The first-order chi connectivity index (χ1) is 17.3. The number of aryl methyl sites for hydroxylation is 1. The summed E-state index contributed by atoms with van der Waals surface area (Å²) in [5, 5.41) is 3.50. The lowest BCUT2D eigenvalue weighted by atomic mass is 9.95. The van der Waals surface area contributed by atoms with Crippen molar-refractivity contribution in [3.8, 4) is 0 Å². The molecule has 0 aromatic heterocycles. The fourth-order valence-electron chi connectivity index (χ4n) is 3.91. The van der Waals surface area contributed by atoms with Crippen molar-refractivity contribution in [2.24, 2.45) is 0 Å². The molecule has 0 bridgehead atoms. The molecule has 0 heterocycles. The molecule has 36 heavy (non-hydrogen) atoms. The summed E-state index contributed by atoms with van der Waals surface area (Å²) in [5.41, 5.74) is 3.04. The molecule has 0 aliphatic heterocycles. The molecule has 4 aromatic carbocycles. The first-order valence-electron chi connectivity index (χ1n) is 11.2. The van der Waals surface area contributed by atoms with E-state index in [1.807, 2.05) is 61.5 Å². The summed E-state index contributed by atoms with van der Waals surface area (Å²) in [6.07, 6.45) is 0. The van der Waals surface area contributed by atoms with Crippen molar-refractivity contribution in [3.63, 3.8) is 0 Å². The maximum absolute atomic E-state index is 13.6. The Labute approximate surface area is 221 Å². The maximum Gasteiger partial charge on any atom is 0.264 e. The van der Waals surface area contributed by atoms with Crippen LogP contribution >= 0.6 is 23.2 Å². The van der Waals surface area contributed by atoms with Gasteiger partial charge < -0.3 is 5.32 Å². The van der Waals surface area contributed by atoms with Crippen molar-refractivity contribution >= 4 is 44.8 Å². The highest BCUT2D eigenvalue weighted by Crippen LogP contribution is 2.31. The van der Waals surface area contributed by atoms with Gasteiger partial charge in [0.05, 0.1) is 26.7 Å². The highest BCUT2D eigenvalue weighted by atomic mass is 35.5. The Balaban J connectivity index is 1.71. The third kappa shape index (κ3) is 5.73. The standard InChI is InChI=1S/C28H24Cl2N2O3S/c1-20-10-8-9-15-24(20)28(21-11-4-2-5-12-21)31-27(33)19-32(22-16-17-25(29)26(30)18-22)36(34,35)23-13-6-3-7-14-23/h2-18,28H,19H2,1H3,(H,31,33)/t28-/m1/s1. The molecule has 184 valence electrons. The number of anilines is 1. The third-order valence-corrected chi connectivity index (χ3v) is 8.27. The molecule has 0 saturated carbocycles. The second-order valence-electron chi connectivity index (χ2n) is 8.19. The molecule has 4 aromatic rings. The Kier molecular flexibility index (Phi) is 7.99. The van der Waals surface area contributed by atoms with E-state index >= 15 is 0 Å². The molecule has 0 unspecified atom stereocenters. The number of sulfonamides is 1. The van der Waals surface area contributed by atoms with Crippen molar-refractivity contribution < 1.29 is 13.2 Å². The first-order valence-corrected chi connectivity index (χ1v) is 13.4. The van der Waals surface area contributed by atoms with Gasteiger partial charge in [-0.3, -0.25) is 9.10 Å². The average molecular weight is 539 g/mol. The van der Waals surface area contributed by atoms with Gasteiger partial charge in [0.1, 0.15) is 6.54 Å². The SMILES string of the molecule is Cc1ccccc1[C@H](NC(=O)CN(c1ccc(Cl)c(Cl)c1)S(=O)(=O)c1ccccc1)c1ccccc1. The van der Waals surface area contributed by atoms with Crippen LogP contribution in [0.15, 0.2) is 108 Å². The molecule has 5 nitrogen and oxygen atoms in total. The Bertz CT molecular complexity index is 1460. The molecule has 0 fully saturated rings. The van der Waals surface area contributed by atoms with Crippen molar-refractivity contribution in [1.29, 1.82) is 0 Å². The highest BCUT2D eigenvalue weighted by molar-refractivity contribution is 7.92. The number of benzene rings is 4. The number of nitrogens with zero attached hydrogens (tertiary/aromatic N) is 1. The normalized spacial score (nSPS) is 12.1. The maximum atomic E-state index is 13.6. The van der Waals surface area contributed by atoms with Crippen LogP contribution in [-0.4, -0.2) is 20.9 Å². The Morgan fingerprint density at radius 3 is 2.08 bits per heavy atom. The Morgan fingerprint density at radius 2 is 1.44 bits per heavy atom. The van der Waals surface area contributed by atoms with E-state index in [0.29, 0.717) is 0 Å². The average Bonchev–Trinajstić information content (AvgIpc) is 2.89. The summed E-state index contributed by atoms with van der Waals surface area (Å²) in [7, 11) is -4.08. The van der Waals surface area contributed by atoms with Gasteiger partial charge >= 0.3 is 0 Å². The van der Waals surface area contributed by atoms with Crippen LogP contribution in [0.2, 0.25) is 10.0 Å². The lowest BCUT2D eigenvalue weighted by Gasteiger charge is -2.27. The van der Waals surface area contributed by atoms with Crippen LogP contribution in [-0.2, 0) is 14.8 Å². The third-order valence-electron chi connectivity index (χ3n) is 5.75. The van der Waals surface area contributed by atoms with E-state index in [1.54, 1.807) is 18.2 Å². The quantitative estimate of drug-likeness (QED) is 0.282. The largest absolute Gasteiger partial charge is 0.344 e. The van der Waals surface area contributed by atoms with Gasteiger partial charge in [0, 0.05) is 0 Å². The first kappa shape index (κ1) is 25.8. The summed E-state index contributed by atoms with van der Waals surface area (Å²) in [4.78, 5) is 13.5. The summed E-state index contributed by atoms with van der Waals surface area (Å²) in [6.45, 7) is 1.52. The van der Waals surface area contributed by atoms with Crippen LogP contribution in [0.1, 0.15) is 22.7 Å². The van der Waals surface area contributed by atoms with Crippen LogP contribution in [0, 0.1) is 6.92 Å². The summed E-state index contributed by atoms with van der Waals surface area (Å²) in [5.74, 6) is -0.474. The molecule has 1 atom stereocenters. The minimum Gasteiger partial charge on any atom is -0.344 e. The van der Waals surface area contributed by atoms with Crippen LogP contribution in [0.3, 0.4) is 0 Å². The number of rotatable bonds is 8. The van der Waals surface area contributed by atoms with Crippen LogP contribution in [0.5, 0.6) is 0 Å². The number of halogens is 2. The van der Waals surface area contributed by atoms with Gasteiger partial charge in [0.2, 0.25) is 5.91 Å². The monoisotopic (exact) mass is 538 g/mol. The minimum atomic E-state index is -4.08. The number of nitrogens with one attached hydrogen (secondary N) is 1. The number of amides is 1. The molecule has 0 aliphatic rings. The van der Waals surface area contributed by atoms with E-state index in [4.69, 9.17) is 23.2 Å². The highest BCUT2D eigenvalue weighted by Gasteiger charge is 2.29. The van der Waals surface area contributed by atoms with Crippen molar-refractivity contribution in [2.45, 2.75) is 17.9 Å². The van der Waals surface area contributed by atoms with Crippen molar-refractivity contribution in [2.75, 3.05) is 10.8 Å². The number of hydrogen-bond acceptors (Lipinski definition) is 3. The fraction of sp³-hybridized carbons (Fsp3) is 0.107. The Hall–Kier alpha value is -3.32. The van der Waals surface area contributed by atoms with Gasteiger partial charge in [0.15, 0.2) is 0 Å². The van der Waals surface area contributed by atoms with Gasteiger partial charge in [-0.2, -0.15) is 0 Å². The van der Waals surface area contributed by atoms with E-state index < -0.39 is 28.5 Å². The second kappa shape index (κ2) is 11.2. The van der Waals surface area contributed by atoms with Crippen LogP contribution < -0.4 is 9.62 Å². The smallest absolute Gasteiger partial charge is 0.264 e.